The van der Waals surface area contributed by atoms with Crippen LogP contribution in [0, 0.1) is 0 Å². The summed E-state index contributed by atoms with van der Waals surface area (Å²) < 4.78 is 0. The second kappa shape index (κ2) is 10.4. The molecule has 0 atom stereocenters. The summed E-state index contributed by atoms with van der Waals surface area (Å²) in [6, 6.07) is 55.0. The maximum Gasteiger partial charge on any atom is 0.0759 e. The van der Waals surface area contributed by atoms with E-state index < -0.39 is 0 Å². The Labute approximate surface area is 285 Å². The highest BCUT2D eigenvalue weighted by Gasteiger charge is 2.39. The van der Waals surface area contributed by atoms with Gasteiger partial charge in [-0.3, -0.25) is 4.98 Å². The number of pyridine rings is 2. The molecular weight excluding hydrogens is 593 g/mol. The van der Waals surface area contributed by atoms with Crippen LogP contribution in [0.3, 0.4) is 0 Å². The van der Waals surface area contributed by atoms with Crippen LogP contribution in [0.2, 0.25) is 0 Å². The minimum atomic E-state index is -0.194. The quantitative estimate of drug-likeness (QED) is 0.183. The Kier molecular flexibility index (Phi) is 5.95. The average Bonchev–Trinajstić information content (AvgIpc) is 3.39. The molecule has 0 amide bonds. The van der Waals surface area contributed by atoms with Crippen molar-refractivity contribution in [1.82, 2.24) is 9.97 Å². The minimum absolute atomic E-state index is 0.194. The molecule has 0 saturated carbocycles. The van der Waals surface area contributed by atoms with E-state index in [1.807, 2.05) is 6.20 Å². The summed E-state index contributed by atoms with van der Waals surface area (Å²) in [6.45, 7) is 4.71. The predicted molar refractivity (Wildman–Crippen MR) is 206 cm³/mol. The molecule has 7 aromatic carbocycles. The molecule has 49 heavy (non-hydrogen) atoms. The first-order valence-electron chi connectivity index (χ1n) is 17.0. The van der Waals surface area contributed by atoms with Crippen LogP contribution in [-0.4, -0.2) is 9.97 Å². The number of aromatic nitrogens is 2. The summed E-state index contributed by atoms with van der Waals surface area (Å²) in [4.78, 5) is 10.2. The molecule has 230 valence electrons. The Morgan fingerprint density at radius 1 is 0.490 bits per heavy atom. The lowest BCUT2D eigenvalue weighted by Gasteiger charge is -2.25. The number of rotatable bonds is 3. The first-order chi connectivity index (χ1) is 24.1. The third kappa shape index (κ3) is 4.14. The van der Waals surface area contributed by atoms with E-state index in [4.69, 9.17) is 9.97 Å². The maximum absolute atomic E-state index is 5.37. The van der Waals surface area contributed by atoms with E-state index in [-0.39, 0.29) is 5.41 Å². The van der Waals surface area contributed by atoms with Crippen molar-refractivity contribution < 1.29 is 0 Å². The van der Waals surface area contributed by atoms with Crippen LogP contribution < -0.4 is 0 Å². The number of nitrogens with zero attached hydrogens (tertiary/aromatic N) is 2. The average molecular weight is 625 g/mol. The molecule has 2 nitrogen and oxygen atoms in total. The molecule has 0 radical (unpaired) electrons. The molecule has 10 rings (SSSR count). The molecule has 0 bridgehead atoms. The van der Waals surface area contributed by atoms with Crippen molar-refractivity contribution in [2.75, 3.05) is 0 Å². The Hall–Kier alpha value is -6.12. The summed E-state index contributed by atoms with van der Waals surface area (Å²) in [7, 11) is 0. The molecule has 1 aliphatic rings. The summed E-state index contributed by atoms with van der Waals surface area (Å²) in [5.74, 6) is 0. The van der Waals surface area contributed by atoms with Gasteiger partial charge in [0.1, 0.15) is 0 Å². The van der Waals surface area contributed by atoms with E-state index in [2.05, 4.69) is 166 Å². The molecule has 0 N–H and O–H groups in total. The molecule has 2 heterocycles. The van der Waals surface area contributed by atoms with Crippen molar-refractivity contribution in [3.8, 4) is 44.8 Å². The number of hydrogen-bond acceptors (Lipinski definition) is 2. The number of fused-ring (bicyclic) bond motifs is 8. The summed E-state index contributed by atoms with van der Waals surface area (Å²) >= 11 is 0. The summed E-state index contributed by atoms with van der Waals surface area (Å²) in [5, 5.41) is 8.48. The molecular formula is C47H32N2. The van der Waals surface area contributed by atoms with Gasteiger partial charge in [-0.15, -0.1) is 0 Å². The lowest BCUT2D eigenvalue weighted by Crippen LogP contribution is -2.16. The molecule has 0 fully saturated rings. The smallest absolute Gasteiger partial charge is 0.0759 e. The summed E-state index contributed by atoms with van der Waals surface area (Å²) in [5.41, 5.74) is 12.9. The van der Waals surface area contributed by atoms with Gasteiger partial charge in [0.15, 0.2) is 0 Å². The van der Waals surface area contributed by atoms with Gasteiger partial charge in [-0.05, 0) is 72.4 Å². The molecule has 2 aromatic heterocycles. The lowest BCUT2D eigenvalue weighted by atomic mass is 9.78. The molecule has 0 spiro atoms. The lowest BCUT2D eigenvalue weighted by molar-refractivity contribution is 0.662. The largest absolute Gasteiger partial charge is 0.256 e. The van der Waals surface area contributed by atoms with Crippen LogP contribution >= 0.6 is 0 Å². The van der Waals surface area contributed by atoms with Crippen LogP contribution in [0.4, 0.5) is 0 Å². The molecule has 0 saturated heterocycles. The van der Waals surface area contributed by atoms with Crippen LogP contribution in [-0.2, 0) is 5.41 Å². The zero-order valence-corrected chi connectivity index (χ0v) is 27.4. The van der Waals surface area contributed by atoms with Gasteiger partial charge in [0, 0.05) is 33.5 Å². The van der Waals surface area contributed by atoms with E-state index in [0.29, 0.717) is 0 Å². The molecule has 1 aliphatic carbocycles. The Morgan fingerprint density at radius 2 is 1.12 bits per heavy atom. The Bertz CT molecular complexity index is 2790. The first-order valence-corrected chi connectivity index (χ1v) is 17.0. The monoisotopic (exact) mass is 624 g/mol. The van der Waals surface area contributed by atoms with E-state index in [0.717, 1.165) is 27.9 Å². The molecule has 9 aromatic rings. The summed E-state index contributed by atoms with van der Waals surface area (Å²) in [6.07, 6.45) is 1.98. The van der Waals surface area contributed by atoms with Gasteiger partial charge in [-0.25, -0.2) is 4.98 Å². The van der Waals surface area contributed by atoms with Crippen LogP contribution in [0.5, 0.6) is 0 Å². The molecule has 0 aliphatic heterocycles. The third-order valence-electron chi connectivity index (χ3n) is 10.7. The highest BCUT2D eigenvalue weighted by molar-refractivity contribution is 6.16. The van der Waals surface area contributed by atoms with Crippen molar-refractivity contribution >= 4 is 43.2 Å². The predicted octanol–water partition coefficient (Wildman–Crippen LogP) is 12.4. The number of benzene rings is 7. The van der Waals surface area contributed by atoms with Crippen LogP contribution in [0.15, 0.2) is 158 Å². The Morgan fingerprint density at radius 3 is 1.94 bits per heavy atom. The normalized spacial score (nSPS) is 13.3. The maximum atomic E-state index is 5.37. The topological polar surface area (TPSA) is 25.8 Å². The van der Waals surface area contributed by atoms with Gasteiger partial charge in [-0.2, -0.15) is 0 Å². The van der Waals surface area contributed by atoms with E-state index in [1.165, 1.54) is 71.3 Å². The van der Waals surface area contributed by atoms with Gasteiger partial charge in [0.25, 0.3) is 0 Å². The van der Waals surface area contributed by atoms with Crippen LogP contribution in [0.1, 0.15) is 25.0 Å². The van der Waals surface area contributed by atoms with Gasteiger partial charge in [0.05, 0.1) is 16.9 Å². The van der Waals surface area contributed by atoms with Crippen molar-refractivity contribution in [3.05, 3.63) is 169 Å². The second-order valence-corrected chi connectivity index (χ2v) is 13.8. The van der Waals surface area contributed by atoms with Gasteiger partial charge in [0.2, 0.25) is 0 Å². The molecule has 2 heteroatoms. The van der Waals surface area contributed by atoms with Crippen molar-refractivity contribution in [2.24, 2.45) is 0 Å². The van der Waals surface area contributed by atoms with E-state index >= 15 is 0 Å². The van der Waals surface area contributed by atoms with Gasteiger partial charge < -0.3 is 0 Å². The SMILES string of the molecule is CC1(C)c2ccccc2-c2nc3ccc4ccccc4c3c(-c3ccc(-c4ccc(-c5cc6ccccc6cn5)c5ccccc45)cc3)c21. The zero-order valence-electron chi connectivity index (χ0n) is 27.4. The van der Waals surface area contributed by atoms with E-state index in [1.54, 1.807) is 0 Å². The fourth-order valence-electron chi connectivity index (χ4n) is 8.32. The fraction of sp³-hybridized carbons (Fsp3) is 0.0638. The second-order valence-electron chi connectivity index (χ2n) is 13.8. The fourth-order valence-corrected chi connectivity index (χ4v) is 8.32. The third-order valence-corrected chi connectivity index (χ3v) is 10.7. The van der Waals surface area contributed by atoms with Gasteiger partial charge >= 0.3 is 0 Å². The van der Waals surface area contributed by atoms with Gasteiger partial charge in [-0.1, -0.05) is 153 Å². The van der Waals surface area contributed by atoms with E-state index in [9.17, 15) is 0 Å². The zero-order chi connectivity index (χ0) is 32.7. The van der Waals surface area contributed by atoms with Crippen molar-refractivity contribution in [2.45, 2.75) is 19.3 Å². The standard InChI is InChI=1S/C47H32N2/c1-47(2)40-18-10-9-17-39(40)46-45(47)43(44-35-14-6-5-11-29(35)23-26-41(44)49-46)31-21-19-30(20-22-31)34-24-25-38(37-16-8-7-15-36(34)37)42-27-32-12-3-4-13-33(32)28-48-42/h3-28H,1-2H3. The molecule has 0 unspecified atom stereocenters. The minimum Gasteiger partial charge on any atom is -0.256 e. The van der Waals surface area contributed by atoms with Crippen LogP contribution in [0.25, 0.3) is 88.0 Å². The Balaban J connectivity index is 1.17. The van der Waals surface area contributed by atoms with Crippen molar-refractivity contribution in [3.63, 3.8) is 0 Å². The first kappa shape index (κ1) is 27.9. The highest BCUT2D eigenvalue weighted by Crippen LogP contribution is 2.54. The number of hydrogen-bond donors (Lipinski definition) is 0. The highest BCUT2D eigenvalue weighted by atomic mass is 14.7. The van der Waals surface area contributed by atoms with Crippen molar-refractivity contribution in [1.29, 1.82) is 0 Å².